The van der Waals surface area contributed by atoms with Crippen LogP contribution in [0, 0.1) is 25.6 Å². The molecule has 166 valence electrons. The van der Waals surface area contributed by atoms with Gasteiger partial charge in [0.05, 0.1) is 16.3 Å². The van der Waals surface area contributed by atoms with E-state index in [4.69, 9.17) is 0 Å². The fourth-order valence-electron chi connectivity index (χ4n) is 2.44. The molecule has 0 amide bonds. The molecule has 0 atom stereocenters. The average molecular weight is 456 g/mol. The molecule has 1 rings (SSSR count). The summed E-state index contributed by atoms with van der Waals surface area (Å²) in [5.74, 6) is -6.17. The number of alkyl halides is 9. The van der Waals surface area contributed by atoms with Crippen LogP contribution in [0.1, 0.15) is 16.8 Å². The van der Waals surface area contributed by atoms with Crippen LogP contribution in [0.2, 0.25) is 0 Å². The smallest absolute Gasteiger partial charge is 0.297 e. The minimum Gasteiger partial charge on any atom is -0.297 e. The molecule has 0 spiro atoms. The third-order valence-electron chi connectivity index (χ3n) is 3.71. The largest absolute Gasteiger partial charge is 0.419 e. The number of hydrogen-bond donors (Lipinski definition) is 0. The number of rotatable bonds is 6. The molecular weight excluding hydrogens is 451 g/mol. The van der Waals surface area contributed by atoms with E-state index >= 15 is 0 Å². The molecule has 0 radical (unpaired) electrons. The zero-order valence-electron chi connectivity index (χ0n) is 13.7. The second kappa shape index (κ2) is 7.52. The highest BCUT2D eigenvalue weighted by Gasteiger charge is 2.87. The minimum atomic E-state index is -7.31. The van der Waals surface area contributed by atoms with Gasteiger partial charge < -0.3 is 0 Å². The van der Waals surface area contributed by atoms with E-state index < -0.39 is 68.7 Å². The predicted molar refractivity (Wildman–Crippen MR) is 74.3 cm³/mol. The number of ketones is 2. The fourth-order valence-corrected chi connectivity index (χ4v) is 2.44. The van der Waals surface area contributed by atoms with Crippen molar-refractivity contribution >= 4 is 22.9 Å². The second-order valence-electron chi connectivity index (χ2n) is 5.45. The minimum absolute atomic E-state index is 0.370. The lowest BCUT2D eigenvalue weighted by Crippen LogP contribution is -2.64. The Morgan fingerprint density at radius 3 is 1.37 bits per heavy atom. The van der Waals surface area contributed by atoms with Gasteiger partial charge in [0.2, 0.25) is 0 Å². The van der Waals surface area contributed by atoms with Crippen LogP contribution in [0.15, 0.2) is 18.2 Å². The summed E-state index contributed by atoms with van der Waals surface area (Å²) in [5, 5.41) is 21.7. The highest BCUT2D eigenvalue weighted by molar-refractivity contribution is 6.14. The fraction of sp³-hybridized carbons (Fsp3) is 0.385. The van der Waals surface area contributed by atoms with Crippen LogP contribution in [-0.4, -0.2) is 39.9 Å². The van der Waals surface area contributed by atoms with Crippen LogP contribution in [0.3, 0.4) is 0 Å². The van der Waals surface area contributed by atoms with Gasteiger partial charge in [-0.15, -0.1) is 0 Å². The summed E-state index contributed by atoms with van der Waals surface area (Å²) in [4.78, 5) is 42.4. The van der Waals surface area contributed by atoms with Gasteiger partial charge in [0.15, 0.2) is 17.1 Å². The number of carbonyl (C=O) groups excluding carboxylic acids is 2. The molecule has 0 fully saturated rings. The molecule has 1 aromatic carbocycles. The number of nitrogens with zero attached hydrogens (tertiary/aromatic N) is 2. The second-order valence-corrected chi connectivity index (χ2v) is 5.45. The molecule has 0 heterocycles. The van der Waals surface area contributed by atoms with Crippen molar-refractivity contribution in [3.63, 3.8) is 0 Å². The Hall–Kier alpha value is -3.27. The number of benzene rings is 1. The molecule has 0 bridgehead atoms. The van der Waals surface area contributed by atoms with Crippen molar-refractivity contribution in [3.8, 4) is 0 Å². The maximum absolute atomic E-state index is 12.9. The number of Topliss-reactive ketones (excluding diaryl/α,β-unsaturated/α-hetero) is 2. The van der Waals surface area contributed by atoms with Crippen molar-refractivity contribution in [1.82, 2.24) is 0 Å². The van der Waals surface area contributed by atoms with Gasteiger partial charge in [0.25, 0.3) is 11.4 Å². The summed E-state index contributed by atoms with van der Waals surface area (Å²) in [6, 6.07) is 1.35. The van der Waals surface area contributed by atoms with Gasteiger partial charge in [0.1, 0.15) is 0 Å². The zero-order valence-corrected chi connectivity index (χ0v) is 13.7. The van der Waals surface area contributed by atoms with E-state index in [9.17, 15) is 69.3 Å². The molecule has 0 saturated carbocycles. The lowest BCUT2D eigenvalue weighted by molar-refractivity contribution is -0.406. The van der Waals surface area contributed by atoms with Crippen LogP contribution in [0.5, 0.6) is 0 Å². The molecule has 0 N–H and O–H groups in total. The van der Waals surface area contributed by atoms with Crippen molar-refractivity contribution in [3.05, 3.63) is 44.0 Å². The molecular formula is C13H5F9N2O6. The van der Waals surface area contributed by atoms with Gasteiger partial charge in [0, 0.05) is 12.1 Å². The summed E-state index contributed by atoms with van der Waals surface area (Å²) < 4.78 is 116. The lowest BCUT2D eigenvalue weighted by atomic mass is 9.78. The van der Waals surface area contributed by atoms with Crippen LogP contribution in [-0.2, 0) is 4.79 Å². The zero-order chi connectivity index (χ0) is 23.9. The number of nitro benzene ring substituents is 2. The molecule has 17 heteroatoms. The van der Waals surface area contributed by atoms with Gasteiger partial charge in [-0.2, -0.15) is 39.5 Å². The third-order valence-corrected chi connectivity index (χ3v) is 3.71. The van der Waals surface area contributed by atoms with E-state index in [2.05, 4.69) is 0 Å². The van der Waals surface area contributed by atoms with Crippen molar-refractivity contribution in [2.75, 3.05) is 0 Å². The van der Waals surface area contributed by atoms with E-state index in [1.165, 1.54) is 0 Å². The molecule has 0 aliphatic carbocycles. The quantitative estimate of drug-likeness (QED) is 0.207. The first-order chi connectivity index (χ1) is 13.3. The Bertz CT molecular complexity index is 836. The molecule has 1 aromatic rings. The Labute approximate surface area is 157 Å². The first kappa shape index (κ1) is 24.8. The Morgan fingerprint density at radius 1 is 0.767 bits per heavy atom. The van der Waals surface area contributed by atoms with Crippen molar-refractivity contribution in [2.45, 2.75) is 24.9 Å². The molecule has 30 heavy (non-hydrogen) atoms. The van der Waals surface area contributed by atoms with Crippen molar-refractivity contribution in [1.29, 1.82) is 0 Å². The number of halogens is 9. The van der Waals surface area contributed by atoms with Crippen LogP contribution < -0.4 is 0 Å². The topological polar surface area (TPSA) is 120 Å². The van der Waals surface area contributed by atoms with Crippen molar-refractivity contribution < 1.29 is 58.9 Å². The molecule has 0 aliphatic heterocycles. The average Bonchev–Trinajstić information content (AvgIpc) is 2.49. The highest BCUT2D eigenvalue weighted by atomic mass is 19.4. The Morgan fingerprint density at radius 2 is 1.10 bits per heavy atom. The molecule has 8 nitrogen and oxygen atoms in total. The van der Waals surface area contributed by atoms with Gasteiger partial charge in [-0.1, -0.05) is 0 Å². The first-order valence-corrected chi connectivity index (χ1v) is 6.99. The molecule has 0 aliphatic rings. The predicted octanol–water partition coefficient (Wildman–Crippen LogP) is 4.32. The number of carbonyl (C=O) groups is 2. The standard InChI is InChI=1S/C13H5F9N2O6/c14-11(15,16)10(12(17,18)19,13(20,21)22)8(26)4-7(25)9-5(23(27)28)2-1-3-6(9)24(29)30/h1-3H,4H2. The van der Waals surface area contributed by atoms with Crippen LogP contribution >= 0.6 is 0 Å². The van der Waals surface area contributed by atoms with E-state index in [0.29, 0.717) is 18.2 Å². The van der Waals surface area contributed by atoms with E-state index in [0.717, 1.165) is 0 Å². The summed E-state index contributed by atoms with van der Waals surface area (Å²) in [5.41, 5.74) is -11.8. The summed E-state index contributed by atoms with van der Waals surface area (Å²) >= 11 is 0. The third kappa shape index (κ3) is 3.90. The number of hydrogen-bond acceptors (Lipinski definition) is 6. The summed E-state index contributed by atoms with van der Waals surface area (Å²) in [7, 11) is 0. The Balaban J connectivity index is 3.71. The van der Waals surface area contributed by atoms with E-state index in [1.54, 1.807) is 0 Å². The van der Waals surface area contributed by atoms with E-state index in [1.807, 2.05) is 0 Å². The van der Waals surface area contributed by atoms with E-state index in [-0.39, 0.29) is 0 Å². The summed E-state index contributed by atoms with van der Waals surface area (Å²) in [6.07, 6.45) is -24.7. The monoisotopic (exact) mass is 456 g/mol. The lowest BCUT2D eigenvalue weighted by Gasteiger charge is -2.36. The maximum atomic E-state index is 12.9. The van der Waals surface area contributed by atoms with Gasteiger partial charge in [-0.25, -0.2) is 0 Å². The van der Waals surface area contributed by atoms with Gasteiger partial charge in [-0.3, -0.25) is 29.8 Å². The van der Waals surface area contributed by atoms with Crippen molar-refractivity contribution in [2.24, 2.45) is 5.41 Å². The molecule has 0 saturated heterocycles. The molecule has 0 unspecified atom stereocenters. The summed E-state index contributed by atoms with van der Waals surface area (Å²) in [6.45, 7) is 0. The van der Waals surface area contributed by atoms with Gasteiger partial charge in [-0.05, 0) is 6.07 Å². The van der Waals surface area contributed by atoms with Crippen LogP contribution in [0.25, 0.3) is 0 Å². The maximum Gasteiger partial charge on any atom is 0.419 e. The highest BCUT2D eigenvalue weighted by Crippen LogP contribution is 2.60. The number of nitro groups is 2. The van der Waals surface area contributed by atoms with Gasteiger partial charge >= 0.3 is 23.9 Å². The van der Waals surface area contributed by atoms with Crippen LogP contribution in [0.4, 0.5) is 50.9 Å². The SMILES string of the molecule is O=C(CC(=O)C(C(F)(F)F)(C(F)(F)F)C(F)(F)F)c1c([N+](=O)[O-])cccc1[N+](=O)[O-]. The Kier molecular flexibility index (Phi) is 6.21. The first-order valence-electron chi connectivity index (χ1n) is 6.99. The molecule has 0 aromatic heterocycles. The normalized spacial score (nSPS) is 13.1.